The van der Waals surface area contributed by atoms with Crippen molar-refractivity contribution in [3.05, 3.63) is 94.2 Å². The van der Waals surface area contributed by atoms with Gasteiger partial charge in [0.15, 0.2) is 11.4 Å². The number of aliphatic hydroxyl groups is 2. The Balaban J connectivity index is 1.06. The SMILES string of the molecule is COc1ccc(CN(CC2(O)CCC3C45C=CC6(C=C4C(=O)c4ccc(-c7cc(C(F)(F)F)ccc7Cl)o4)CC(O)CCC6(C)C5CCC32C)C(=O)C23CCC(C)(C(=O)O2)C3(C)C)c(OC)c1. The number of halogens is 4. The van der Waals surface area contributed by atoms with Gasteiger partial charge in [0.1, 0.15) is 17.3 Å². The summed E-state index contributed by atoms with van der Waals surface area (Å²) < 4.78 is 65.1. The molecule has 1 amide bonds. The van der Waals surface area contributed by atoms with Crippen molar-refractivity contribution in [1.82, 2.24) is 4.90 Å². The van der Waals surface area contributed by atoms with E-state index < -0.39 is 67.9 Å². The summed E-state index contributed by atoms with van der Waals surface area (Å²) in [6.45, 7) is 10.00. The van der Waals surface area contributed by atoms with Crippen LogP contribution in [0.1, 0.15) is 114 Å². The second kappa shape index (κ2) is 14.7. The third-order valence-electron chi connectivity index (χ3n) is 19.4. The number of carbonyl (C=O) groups is 3. The van der Waals surface area contributed by atoms with Crippen molar-refractivity contribution in [2.24, 2.45) is 44.3 Å². The lowest BCUT2D eigenvalue weighted by Crippen LogP contribution is -2.67. The molecule has 14 heteroatoms. The second-order valence-corrected chi connectivity index (χ2v) is 22.4. The Labute approximate surface area is 393 Å². The van der Waals surface area contributed by atoms with Gasteiger partial charge in [-0.3, -0.25) is 14.4 Å². The molecule has 0 radical (unpaired) electrons. The lowest BCUT2D eigenvalue weighted by atomic mass is 9.32. The number of ketones is 1. The van der Waals surface area contributed by atoms with Crippen molar-refractivity contribution in [2.75, 3.05) is 20.8 Å². The molecule has 2 N–H and O–H groups in total. The van der Waals surface area contributed by atoms with Crippen molar-refractivity contribution >= 4 is 29.3 Å². The van der Waals surface area contributed by atoms with E-state index in [1.54, 1.807) is 31.3 Å². The molecule has 5 fully saturated rings. The Hall–Kier alpha value is -4.59. The van der Waals surface area contributed by atoms with Crippen molar-refractivity contribution < 1.29 is 56.4 Å². The molecule has 2 aromatic carbocycles. The van der Waals surface area contributed by atoms with Crippen LogP contribution in [0.5, 0.6) is 11.5 Å². The van der Waals surface area contributed by atoms with E-state index in [2.05, 4.69) is 26.0 Å². The van der Waals surface area contributed by atoms with Crippen molar-refractivity contribution in [3.8, 4) is 22.8 Å². The van der Waals surface area contributed by atoms with E-state index in [0.29, 0.717) is 74.0 Å². The monoisotopic (exact) mass is 945 g/mol. The minimum absolute atomic E-state index is 0.00202. The van der Waals surface area contributed by atoms with Gasteiger partial charge >= 0.3 is 12.1 Å². The predicted molar refractivity (Wildman–Crippen MR) is 242 cm³/mol. The zero-order chi connectivity index (χ0) is 48.1. The summed E-state index contributed by atoms with van der Waals surface area (Å²) in [5.74, 6) is -0.578. The van der Waals surface area contributed by atoms with E-state index in [1.807, 2.05) is 32.9 Å². The van der Waals surface area contributed by atoms with Gasteiger partial charge in [-0.25, -0.2) is 0 Å². The molecule has 1 aromatic heterocycles. The number of alkyl halides is 3. The molecule has 2 spiro atoms. The Bertz CT molecular complexity index is 2670. The normalized spacial score (nSPS) is 37.6. The summed E-state index contributed by atoms with van der Waals surface area (Å²) in [4.78, 5) is 46.1. The summed E-state index contributed by atoms with van der Waals surface area (Å²) in [7, 11) is 3.10. The molecule has 1 saturated heterocycles. The number of hydrogen-bond donors (Lipinski definition) is 2. The first kappa shape index (κ1) is 46.2. The quantitative estimate of drug-likeness (QED) is 0.116. The predicted octanol–water partition coefficient (Wildman–Crippen LogP) is 10.6. The molecule has 2 heterocycles. The van der Waals surface area contributed by atoms with E-state index in [4.69, 9.17) is 30.2 Å². The van der Waals surface area contributed by atoms with Crippen molar-refractivity contribution in [3.63, 3.8) is 0 Å². The van der Waals surface area contributed by atoms with Crippen LogP contribution in [0.2, 0.25) is 5.02 Å². The van der Waals surface area contributed by atoms with Crippen LogP contribution in [-0.4, -0.2) is 70.8 Å². The minimum Gasteiger partial charge on any atom is -0.497 e. The number of amides is 1. The van der Waals surface area contributed by atoms with Gasteiger partial charge in [-0.2, -0.15) is 13.2 Å². The number of carbonyl (C=O) groups excluding carboxylic acids is 3. The lowest BCUT2D eigenvalue weighted by molar-refractivity contribution is -0.187. The molecule has 8 aliphatic rings. The number of fused-ring (bicyclic) bond motifs is 3. The zero-order valence-electron chi connectivity index (χ0n) is 39.1. The summed E-state index contributed by atoms with van der Waals surface area (Å²) in [5.41, 5.74) is -7.24. The van der Waals surface area contributed by atoms with E-state index in [9.17, 15) is 28.2 Å². The molecule has 1 aliphatic heterocycles. The summed E-state index contributed by atoms with van der Waals surface area (Å²) in [6, 6.07) is 11.3. The smallest absolute Gasteiger partial charge is 0.416 e. The maximum atomic E-state index is 15.5. The number of methoxy groups -OCH3 is 2. The van der Waals surface area contributed by atoms with Gasteiger partial charge in [-0.05, 0) is 124 Å². The fraction of sp³-hybridized carbons (Fsp3) is 0.566. The Morgan fingerprint density at radius 3 is 2.27 bits per heavy atom. The third-order valence-corrected chi connectivity index (χ3v) is 19.7. The summed E-state index contributed by atoms with van der Waals surface area (Å²) in [6.07, 6.45) is 5.75. The van der Waals surface area contributed by atoms with E-state index in [-0.39, 0.29) is 58.4 Å². The highest BCUT2D eigenvalue weighted by molar-refractivity contribution is 6.33. The van der Waals surface area contributed by atoms with Gasteiger partial charge in [0.05, 0.1) is 48.5 Å². The first-order chi connectivity index (χ1) is 31.4. The fourth-order valence-corrected chi connectivity index (χ4v) is 15.1. The Kier molecular flexibility index (Phi) is 10.1. The van der Waals surface area contributed by atoms with Crippen molar-refractivity contribution in [1.29, 1.82) is 0 Å². The molecule has 7 aliphatic carbocycles. The molecular formula is C53H59ClF3NO9. The molecule has 3 aromatic rings. The van der Waals surface area contributed by atoms with E-state index in [0.717, 1.165) is 24.6 Å². The lowest BCUT2D eigenvalue weighted by Gasteiger charge is -2.71. The number of aliphatic hydroxyl groups excluding tert-OH is 1. The van der Waals surface area contributed by atoms with Crippen LogP contribution >= 0.6 is 11.6 Å². The molecule has 358 valence electrons. The van der Waals surface area contributed by atoms with Gasteiger partial charge in [0.2, 0.25) is 5.78 Å². The average Bonchev–Trinajstić information content (AvgIpc) is 3.97. The number of benzene rings is 2. The number of rotatable bonds is 10. The van der Waals surface area contributed by atoms with Crippen LogP contribution in [0, 0.1) is 44.3 Å². The topological polar surface area (TPSA) is 136 Å². The Morgan fingerprint density at radius 1 is 0.881 bits per heavy atom. The maximum Gasteiger partial charge on any atom is 0.416 e. The number of esters is 1. The van der Waals surface area contributed by atoms with Crippen LogP contribution in [-0.2, 0) is 27.0 Å². The molecule has 10 unspecified atom stereocenters. The summed E-state index contributed by atoms with van der Waals surface area (Å²) >= 11 is 6.44. The molecular weight excluding hydrogens is 887 g/mol. The van der Waals surface area contributed by atoms with Crippen molar-refractivity contribution in [2.45, 2.75) is 122 Å². The molecule has 4 saturated carbocycles. The maximum absolute atomic E-state index is 15.5. The molecule has 67 heavy (non-hydrogen) atoms. The zero-order valence-corrected chi connectivity index (χ0v) is 39.8. The number of allylic oxidation sites excluding steroid dienone is 4. The van der Waals surface area contributed by atoms with Gasteiger partial charge in [-0.1, -0.05) is 57.5 Å². The number of furan rings is 1. The van der Waals surface area contributed by atoms with Gasteiger partial charge in [0, 0.05) is 51.0 Å². The van der Waals surface area contributed by atoms with Gasteiger partial charge < -0.3 is 33.7 Å². The van der Waals surface area contributed by atoms with Crippen LogP contribution < -0.4 is 9.47 Å². The molecule has 10 nitrogen and oxygen atoms in total. The fourth-order valence-electron chi connectivity index (χ4n) is 14.9. The molecule has 10 atom stereocenters. The number of nitrogens with zero attached hydrogens (tertiary/aromatic N) is 1. The van der Waals surface area contributed by atoms with Crippen LogP contribution in [0.25, 0.3) is 11.3 Å². The number of Topliss-reactive ketones (excluding diaryl/α,β-unsaturated/α-hetero) is 1. The number of ether oxygens (including phenoxy) is 3. The largest absolute Gasteiger partial charge is 0.497 e. The highest BCUT2D eigenvalue weighted by atomic mass is 35.5. The Morgan fingerprint density at radius 2 is 1.60 bits per heavy atom. The van der Waals surface area contributed by atoms with Crippen LogP contribution in [0.15, 0.2) is 76.7 Å². The average molecular weight is 946 g/mol. The molecule has 11 rings (SSSR count). The third kappa shape index (κ3) is 5.98. The van der Waals surface area contributed by atoms with E-state index >= 15 is 9.59 Å². The van der Waals surface area contributed by atoms with Gasteiger partial charge in [0.25, 0.3) is 5.91 Å². The first-order valence-corrected chi connectivity index (χ1v) is 23.9. The minimum atomic E-state index is -4.63. The highest BCUT2D eigenvalue weighted by Gasteiger charge is 2.78. The molecule has 4 bridgehead atoms. The van der Waals surface area contributed by atoms with Gasteiger partial charge in [-0.15, -0.1) is 0 Å². The second-order valence-electron chi connectivity index (χ2n) is 22.0. The highest BCUT2D eigenvalue weighted by Crippen LogP contribution is 2.79. The van der Waals surface area contributed by atoms with Crippen LogP contribution in [0.3, 0.4) is 0 Å². The first-order valence-electron chi connectivity index (χ1n) is 23.5. The van der Waals surface area contributed by atoms with Crippen LogP contribution in [0.4, 0.5) is 13.2 Å². The summed E-state index contributed by atoms with van der Waals surface area (Å²) in [5, 5.41) is 24.8. The standard InChI is InChI=1S/C53H59ClF3NO9/c1-45(2)48(5)20-23-52(45,67-44(48)62)43(61)58(28-30-8-10-33(64-6)25-39(30)65-7)29-50(63)19-16-41-47(50,4)18-15-40-46(3)17-14-32(59)26-49(46)21-22-51(40,41)35(27-49)42(60)38-13-12-37(66-38)34-24-31(53(55,56)57)9-11-36(34)54/h8-13,21-22,24-25,27,32,40-41,59,63H,14-20,23,26,28-29H2,1-7H3. The number of hydrogen-bond acceptors (Lipinski definition) is 9. The van der Waals surface area contributed by atoms with E-state index in [1.165, 1.54) is 12.1 Å².